The predicted molar refractivity (Wildman–Crippen MR) is 56.0 cm³/mol. The van der Waals surface area contributed by atoms with Gasteiger partial charge >= 0.3 is 0 Å². The molecule has 0 fully saturated rings. The molecule has 0 heterocycles. The van der Waals surface area contributed by atoms with Gasteiger partial charge < -0.3 is 5.73 Å². The molecule has 0 radical (unpaired) electrons. The van der Waals surface area contributed by atoms with Crippen molar-refractivity contribution in [2.45, 2.75) is 40.5 Å². The molecular formula is C11H23N. The van der Waals surface area contributed by atoms with Crippen LogP contribution < -0.4 is 5.73 Å². The monoisotopic (exact) mass is 169 g/mol. The average Bonchev–Trinajstić information content (AvgIpc) is 2.06. The van der Waals surface area contributed by atoms with E-state index in [-0.39, 0.29) is 0 Å². The number of nitrogens with two attached hydrogens (primary N) is 1. The summed E-state index contributed by atoms with van der Waals surface area (Å²) in [5, 5.41) is 0. The van der Waals surface area contributed by atoms with Gasteiger partial charge in [-0.2, -0.15) is 0 Å². The third-order valence-electron chi connectivity index (χ3n) is 2.48. The third-order valence-corrected chi connectivity index (χ3v) is 2.48. The van der Waals surface area contributed by atoms with E-state index >= 15 is 0 Å². The van der Waals surface area contributed by atoms with Crippen LogP contribution in [0.4, 0.5) is 0 Å². The molecule has 1 heteroatoms. The second kappa shape index (κ2) is 6.24. The zero-order valence-electron chi connectivity index (χ0n) is 8.93. The summed E-state index contributed by atoms with van der Waals surface area (Å²) in [5.41, 5.74) is 7.07. The summed E-state index contributed by atoms with van der Waals surface area (Å²) < 4.78 is 0. The van der Waals surface area contributed by atoms with Gasteiger partial charge in [0.25, 0.3) is 0 Å². The van der Waals surface area contributed by atoms with E-state index in [1.807, 2.05) is 0 Å². The van der Waals surface area contributed by atoms with E-state index in [0.29, 0.717) is 12.5 Å². The van der Waals surface area contributed by atoms with Crippen molar-refractivity contribution in [2.75, 3.05) is 6.54 Å². The van der Waals surface area contributed by atoms with Crippen molar-refractivity contribution in [3.8, 4) is 0 Å². The van der Waals surface area contributed by atoms with Crippen LogP contribution in [0.1, 0.15) is 40.5 Å². The fraction of sp³-hybridized carbons (Fsp3) is 0.818. The van der Waals surface area contributed by atoms with Crippen LogP contribution in [0.15, 0.2) is 11.6 Å². The second-order valence-corrected chi connectivity index (χ2v) is 3.68. The van der Waals surface area contributed by atoms with E-state index in [4.69, 9.17) is 5.73 Å². The fourth-order valence-electron chi connectivity index (χ4n) is 1.32. The molecule has 72 valence electrons. The number of allylic oxidation sites excluding steroid dienone is 1. The SMILES string of the molecule is CCC(C=C(CN)C(C)C)CC. The summed E-state index contributed by atoms with van der Waals surface area (Å²) >= 11 is 0. The molecule has 0 aliphatic heterocycles. The van der Waals surface area contributed by atoms with Crippen molar-refractivity contribution < 1.29 is 0 Å². The van der Waals surface area contributed by atoms with Crippen molar-refractivity contribution in [1.82, 2.24) is 0 Å². The molecule has 0 aliphatic carbocycles. The number of hydrogen-bond acceptors (Lipinski definition) is 1. The number of rotatable bonds is 5. The molecule has 0 amide bonds. The van der Waals surface area contributed by atoms with Crippen LogP contribution >= 0.6 is 0 Å². The topological polar surface area (TPSA) is 26.0 Å². The molecule has 0 rings (SSSR count). The van der Waals surface area contributed by atoms with Gasteiger partial charge in [-0.15, -0.1) is 0 Å². The van der Waals surface area contributed by atoms with Crippen LogP contribution in [0.3, 0.4) is 0 Å². The van der Waals surface area contributed by atoms with Gasteiger partial charge in [-0.3, -0.25) is 0 Å². The van der Waals surface area contributed by atoms with Gasteiger partial charge in [0.1, 0.15) is 0 Å². The largest absolute Gasteiger partial charge is 0.327 e. The maximum atomic E-state index is 5.66. The Bertz CT molecular complexity index is 132. The van der Waals surface area contributed by atoms with Crippen molar-refractivity contribution in [3.63, 3.8) is 0 Å². The van der Waals surface area contributed by atoms with Crippen LogP contribution in [-0.4, -0.2) is 6.54 Å². The highest BCUT2D eigenvalue weighted by molar-refractivity contribution is 5.08. The van der Waals surface area contributed by atoms with Gasteiger partial charge in [0.2, 0.25) is 0 Å². The highest BCUT2D eigenvalue weighted by Crippen LogP contribution is 2.16. The minimum absolute atomic E-state index is 0.607. The van der Waals surface area contributed by atoms with Crippen molar-refractivity contribution in [1.29, 1.82) is 0 Å². The summed E-state index contributed by atoms with van der Waals surface area (Å²) in [6.45, 7) is 9.61. The van der Waals surface area contributed by atoms with E-state index in [0.717, 1.165) is 5.92 Å². The molecular weight excluding hydrogens is 146 g/mol. The predicted octanol–water partition coefficient (Wildman–Crippen LogP) is 2.96. The minimum Gasteiger partial charge on any atom is -0.327 e. The van der Waals surface area contributed by atoms with Gasteiger partial charge in [-0.25, -0.2) is 0 Å². The first-order valence-electron chi connectivity index (χ1n) is 5.06. The van der Waals surface area contributed by atoms with Crippen LogP contribution in [0, 0.1) is 11.8 Å². The maximum Gasteiger partial charge on any atom is 0.0139 e. The van der Waals surface area contributed by atoms with E-state index in [1.165, 1.54) is 18.4 Å². The lowest BCUT2D eigenvalue weighted by molar-refractivity contribution is 0.589. The third kappa shape index (κ3) is 3.91. The maximum absolute atomic E-state index is 5.66. The van der Waals surface area contributed by atoms with Crippen LogP contribution in [0.25, 0.3) is 0 Å². The van der Waals surface area contributed by atoms with Crippen LogP contribution in [0.2, 0.25) is 0 Å². The average molecular weight is 169 g/mol. The molecule has 0 aromatic rings. The van der Waals surface area contributed by atoms with Crippen molar-refractivity contribution in [3.05, 3.63) is 11.6 Å². The van der Waals surface area contributed by atoms with E-state index < -0.39 is 0 Å². The molecule has 1 nitrogen and oxygen atoms in total. The minimum atomic E-state index is 0.607. The van der Waals surface area contributed by atoms with Crippen LogP contribution in [0.5, 0.6) is 0 Å². The molecule has 0 bridgehead atoms. The Morgan fingerprint density at radius 1 is 1.25 bits per heavy atom. The Balaban J connectivity index is 4.24. The Hall–Kier alpha value is -0.300. The first-order chi connectivity index (χ1) is 5.65. The second-order valence-electron chi connectivity index (χ2n) is 3.68. The summed E-state index contributed by atoms with van der Waals surface area (Å²) in [7, 11) is 0. The van der Waals surface area contributed by atoms with Crippen LogP contribution in [-0.2, 0) is 0 Å². The Kier molecular flexibility index (Phi) is 6.09. The van der Waals surface area contributed by atoms with Gasteiger partial charge in [0.05, 0.1) is 0 Å². The zero-order valence-corrected chi connectivity index (χ0v) is 8.93. The molecule has 0 aromatic carbocycles. The van der Waals surface area contributed by atoms with Crippen molar-refractivity contribution >= 4 is 0 Å². The molecule has 0 atom stereocenters. The Morgan fingerprint density at radius 2 is 1.75 bits per heavy atom. The molecule has 12 heavy (non-hydrogen) atoms. The summed E-state index contributed by atoms with van der Waals surface area (Å²) in [6.07, 6.45) is 4.82. The summed E-state index contributed by atoms with van der Waals surface area (Å²) in [5.74, 6) is 1.33. The fourth-order valence-corrected chi connectivity index (χ4v) is 1.32. The molecule has 0 spiro atoms. The standard InChI is InChI=1S/C11H23N/c1-5-10(6-2)7-11(8-12)9(3)4/h7,9-10H,5-6,8,12H2,1-4H3. The summed E-state index contributed by atoms with van der Waals surface area (Å²) in [4.78, 5) is 0. The first kappa shape index (κ1) is 11.7. The molecule has 0 saturated carbocycles. The Morgan fingerprint density at radius 3 is 2.00 bits per heavy atom. The normalized spacial score (nSPS) is 13.1. The lowest BCUT2D eigenvalue weighted by Gasteiger charge is -2.13. The molecule has 0 aromatic heterocycles. The highest BCUT2D eigenvalue weighted by atomic mass is 14.5. The molecule has 0 aliphatic rings. The molecule has 0 unspecified atom stereocenters. The zero-order chi connectivity index (χ0) is 9.56. The molecule has 0 saturated heterocycles. The first-order valence-corrected chi connectivity index (χ1v) is 5.06. The van der Waals surface area contributed by atoms with Crippen molar-refractivity contribution in [2.24, 2.45) is 17.6 Å². The van der Waals surface area contributed by atoms with Gasteiger partial charge in [-0.1, -0.05) is 39.3 Å². The Labute approximate surface area is 77.0 Å². The van der Waals surface area contributed by atoms with Gasteiger partial charge in [-0.05, 0) is 24.7 Å². The highest BCUT2D eigenvalue weighted by Gasteiger charge is 2.04. The van der Waals surface area contributed by atoms with Gasteiger partial charge in [0.15, 0.2) is 0 Å². The number of hydrogen-bond donors (Lipinski definition) is 1. The quantitative estimate of drug-likeness (QED) is 0.629. The van der Waals surface area contributed by atoms with E-state index in [2.05, 4.69) is 33.8 Å². The van der Waals surface area contributed by atoms with E-state index in [9.17, 15) is 0 Å². The lowest BCUT2D eigenvalue weighted by atomic mass is 9.95. The van der Waals surface area contributed by atoms with E-state index in [1.54, 1.807) is 0 Å². The smallest absolute Gasteiger partial charge is 0.0139 e. The lowest BCUT2D eigenvalue weighted by Crippen LogP contribution is -2.10. The van der Waals surface area contributed by atoms with Gasteiger partial charge in [0, 0.05) is 6.54 Å². The molecule has 2 N–H and O–H groups in total. The summed E-state index contributed by atoms with van der Waals surface area (Å²) in [6, 6.07) is 0.